The standard InChI is InChI=1S/C2H2O2P4/c3-1(4)2-5-7-8-6-2/h7H,(H,3,4). The first kappa shape index (κ1) is 6.66. The Bertz CT molecular complexity index is 180. The van der Waals surface area contributed by atoms with Crippen LogP contribution in [0.15, 0.2) is 0 Å². The number of carbonyl (C=O) groups is 1. The summed E-state index contributed by atoms with van der Waals surface area (Å²) in [4.78, 5) is 10.2. The van der Waals surface area contributed by atoms with E-state index in [9.17, 15) is 4.79 Å². The van der Waals surface area contributed by atoms with E-state index >= 15 is 0 Å². The summed E-state index contributed by atoms with van der Waals surface area (Å²) in [7, 11) is 4.10. The molecule has 1 unspecified atom stereocenters. The van der Waals surface area contributed by atoms with Crippen LogP contribution in [0, 0.1) is 0 Å². The summed E-state index contributed by atoms with van der Waals surface area (Å²) in [6.07, 6.45) is 0. The summed E-state index contributed by atoms with van der Waals surface area (Å²) in [5.41, 5.74) is 0. The number of hydrogen-bond donors (Lipinski definition) is 1. The molecule has 0 saturated carbocycles. The molecule has 0 aliphatic carbocycles. The van der Waals surface area contributed by atoms with Crippen molar-refractivity contribution in [2.24, 2.45) is 0 Å². The van der Waals surface area contributed by atoms with Crippen LogP contribution in [0.2, 0.25) is 0 Å². The molecule has 0 aliphatic rings. The van der Waals surface area contributed by atoms with Gasteiger partial charge in [0.1, 0.15) is 5.03 Å². The van der Waals surface area contributed by atoms with E-state index in [0.717, 1.165) is 23.3 Å². The van der Waals surface area contributed by atoms with E-state index < -0.39 is 5.97 Å². The van der Waals surface area contributed by atoms with Gasteiger partial charge in [0.15, 0.2) is 0 Å². The quantitative estimate of drug-likeness (QED) is 0.723. The Morgan fingerprint density at radius 1 is 1.75 bits per heavy atom. The maximum absolute atomic E-state index is 10.2. The predicted octanol–water partition coefficient (Wildman–Crippen LogP) is 3.16. The highest BCUT2D eigenvalue weighted by Crippen LogP contribution is 2.45. The molecule has 0 amide bonds. The Labute approximate surface area is 52.4 Å². The molecule has 6 heteroatoms. The minimum absolute atomic E-state index is 0.657. The summed E-state index contributed by atoms with van der Waals surface area (Å²) < 4.78 is 0. The van der Waals surface area contributed by atoms with Gasteiger partial charge in [0.25, 0.3) is 0 Å². The van der Waals surface area contributed by atoms with Crippen molar-refractivity contribution in [1.82, 2.24) is 0 Å². The fraction of sp³-hybridized carbons (Fsp3) is 0. The number of hydrogen-bond acceptors (Lipinski definition) is 1. The van der Waals surface area contributed by atoms with Crippen molar-refractivity contribution in [3.63, 3.8) is 0 Å². The summed E-state index contributed by atoms with van der Waals surface area (Å²) in [6, 6.07) is 0. The van der Waals surface area contributed by atoms with Gasteiger partial charge < -0.3 is 5.11 Å². The molecule has 1 N–H and O–H groups in total. The van der Waals surface area contributed by atoms with Gasteiger partial charge in [-0.05, 0) is 23.3 Å². The van der Waals surface area contributed by atoms with Crippen molar-refractivity contribution < 1.29 is 9.90 Å². The molecule has 0 fully saturated rings. The highest BCUT2D eigenvalue weighted by Gasteiger charge is 2.00. The largest absolute Gasteiger partial charge is 0.477 e. The second-order valence-corrected chi connectivity index (χ2v) is 9.18. The van der Waals surface area contributed by atoms with Gasteiger partial charge in [-0.15, -0.1) is 0 Å². The van der Waals surface area contributed by atoms with E-state index in [1.54, 1.807) is 0 Å². The molecule has 42 valence electrons. The summed E-state index contributed by atoms with van der Waals surface area (Å²) in [5, 5.41) is 9.02. The van der Waals surface area contributed by atoms with Crippen LogP contribution < -0.4 is 0 Å². The minimum Gasteiger partial charge on any atom is -0.477 e. The van der Waals surface area contributed by atoms with E-state index in [-0.39, 0.29) is 0 Å². The van der Waals surface area contributed by atoms with E-state index in [0.29, 0.717) is 5.03 Å². The molecule has 1 rings (SSSR count). The Morgan fingerprint density at radius 2 is 2.50 bits per heavy atom. The van der Waals surface area contributed by atoms with E-state index in [2.05, 4.69) is 0 Å². The molecule has 1 heterocycles. The Kier molecular flexibility index (Phi) is 2.42. The lowest BCUT2D eigenvalue weighted by molar-refractivity contribution is 0.0707. The summed E-state index contributed by atoms with van der Waals surface area (Å²) in [6.45, 7) is 0. The van der Waals surface area contributed by atoms with Gasteiger partial charge in [0.05, 0.1) is 0 Å². The highest BCUT2D eigenvalue weighted by atomic mass is 32.3. The zero-order valence-electron chi connectivity index (χ0n) is 3.70. The second-order valence-electron chi connectivity index (χ2n) is 1.04. The van der Waals surface area contributed by atoms with Crippen LogP contribution in [-0.4, -0.2) is 11.1 Å². The maximum atomic E-state index is 10.2. The van der Waals surface area contributed by atoms with Gasteiger partial charge in [0, 0.05) is 0 Å². The first-order chi connectivity index (χ1) is 3.80. The van der Waals surface area contributed by atoms with Crippen molar-refractivity contribution in [2.75, 3.05) is 0 Å². The Hall–Kier alpha value is 0.540. The number of aromatic carboxylic acids is 1. The van der Waals surface area contributed by atoms with Gasteiger partial charge in [-0.25, -0.2) is 4.79 Å². The maximum Gasteiger partial charge on any atom is 0.345 e. The third kappa shape index (κ3) is 1.51. The van der Waals surface area contributed by atoms with Gasteiger partial charge in [-0.1, -0.05) is 7.55 Å². The van der Waals surface area contributed by atoms with Gasteiger partial charge >= 0.3 is 5.97 Å². The van der Waals surface area contributed by atoms with Gasteiger partial charge in [0.2, 0.25) is 0 Å². The van der Waals surface area contributed by atoms with Crippen LogP contribution >= 0.6 is 30.8 Å². The highest BCUT2D eigenvalue weighted by molar-refractivity contribution is 8.34. The van der Waals surface area contributed by atoms with E-state index in [1.165, 1.54) is 7.55 Å². The monoisotopic (exact) mass is 182 g/mol. The lowest BCUT2D eigenvalue weighted by atomic mass is 10.8. The average molecular weight is 182 g/mol. The fourth-order valence-corrected chi connectivity index (χ4v) is 11.2. The van der Waals surface area contributed by atoms with Crippen LogP contribution in [0.25, 0.3) is 0 Å². The van der Waals surface area contributed by atoms with Crippen LogP contribution in [-0.2, 0) is 0 Å². The molecule has 0 bridgehead atoms. The van der Waals surface area contributed by atoms with Crippen molar-refractivity contribution in [3.05, 3.63) is 5.03 Å². The smallest absolute Gasteiger partial charge is 0.345 e. The fourth-order valence-electron chi connectivity index (χ4n) is 0.252. The molecular formula is C2H2O2P4. The SMILES string of the molecule is O=C(O)c1pp[pH]p1. The second kappa shape index (κ2) is 2.90. The first-order valence-corrected chi connectivity index (χ1v) is 7.84. The normalized spacial score (nSPS) is 13.0. The Balaban J connectivity index is 2.93. The molecule has 1 atom stereocenters. The van der Waals surface area contributed by atoms with Crippen molar-refractivity contribution >= 4 is 36.8 Å². The lowest BCUT2D eigenvalue weighted by Gasteiger charge is -1.77. The van der Waals surface area contributed by atoms with Gasteiger partial charge in [-0.2, -0.15) is 0 Å². The predicted molar refractivity (Wildman–Crippen MR) is 40.4 cm³/mol. The molecule has 1 aromatic heterocycles. The van der Waals surface area contributed by atoms with Crippen LogP contribution in [0.3, 0.4) is 0 Å². The van der Waals surface area contributed by atoms with Gasteiger partial charge in [-0.3, -0.25) is 0 Å². The van der Waals surface area contributed by atoms with Crippen LogP contribution in [0.5, 0.6) is 0 Å². The van der Waals surface area contributed by atoms with Crippen LogP contribution in [0.4, 0.5) is 0 Å². The Morgan fingerprint density at radius 3 is 2.75 bits per heavy atom. The number of rotatable bonds is 1. The van der Waals surface area contributed by atoms with Crippen molar-refractivity contribution in [1.29, 1.82) is 0 Å². The molecule has 0 radical (unpaired) electrons. The van der Waals surface area contributed by atoms with E-state index in [1.807, 2.05) is 0 Å². The summed E-state index contributed by atoms with van der Waals surface area (Å²) >= 11 is 0. The van der Waals surface area contributed by atoms with Crippen molar-refractivity contribution in [3.8, 4) is 0 Å². The molecule has 1 aromatic rings. The molecule has 0 saturated heterocycles. The van der Waals surface area contributed by atoms with E-state index in [4.69, 9.17) is 5.11 Å². The third-order valence-corrected chi connectivity index (χ3v) is 10.4. The molecule has 0 aromatic carbocycles. The zero-order chi connectivity index (χ0) is 5.98. The molecule has 0 aliphatic heterocycles. The van der Waals surface area contributed by atoms with Crippen LogP contribution in [0.1, 0.15) is 9.82 Å². The van der Waals surface area contributed by atoms with Crippen molar-refractivity contribution in [2.45, 2.75) is 0 Å². The first-order valence-electron chi connectivity index (χ1n) is 1.77. The topological polar surface area (TPSA) is 37.3 Å². The zero-order valence-corrected chi connectivity index (χ0v) is 7.38. The molecule has 2 nitrogen and oxygen atoms in total. The molecule has 8 heavy (non-hydrogen) atoms. The molecule has 0 spiro atoms. The lowest BCUT2D eigenvalue weighted by Crippen LogP contribution is -1.85. The number of carboxylic acid groups (broad SMARTS) is 1. The summed E-state index contributed by atoms with van der Waals surface area (Å²) in [5.74, 6) is -0.717. The third-order valence-electron chi connectivity index (χ3n) is 0.537. The number of carboxylic acids is 1. The molecular weight excluding hydrogens is 180 g/mol. The minimum atomic E-state index is -0.717. The average Bonchev–Trinajstić information content (AvgIpc) is 2.12.